The highest BCUT2D eigenvalue weighted by Crippen LogP contribution is 2.14. The molecule has 0 spiro atoms. The number of hydrogen-bond acceptors (Lipinski definition) is 0. The monoisotopic (exact) mass is 276 g/mol. The van der Waals surface area contributed by atoms with Crippen molar-refractivity contribution in [1.82, 2.24) is 0 Å². The van der Waals surface area contributed by atoms with E-state index < -0.39 is 0 Å². The molecule has 0 atom stereocenters. The van der Waals surface area contributed by atoms with Gasteiger partial charge in [0.05, 0.1) is 26.2 Å². The third kappa shape index (κ3) is 6.30. The number of rotatable bonds is 4. The first-order valence-electron chi connectivity index (χ1n) is 6.29. The SMILES string of the molecule is CC[N+](CC)(CC)CC.Clc1cccc(Cl)c1. The molecule has 0 N–H and O–H groups in total. The van der Waals surface area contributed by atoms with Gasteiger partial charge in [0.2, 0.25) is 0 Å². The maximum Gasteiger partial charge on any atom is 0.0757 e. The average Bonchev–Trinajstić information content (AvgIpc) is 2.33. The second-order valence-electron chi connectivity index (χ2n) is 4.05. The van der Waals surface area contributed by atoms with Crippen molar-refractivity contribution in [3.05, 3.63) is 34.3 Å². The molecule has 0 saturated carbocycles. The van der Waals surface area contributed by atoms with Gasteiger partial charge in [0.1, 0.15) is 0 Å². The minimum atomic E-state index is 0.678. The minimum absolute atomic E-state index is 0.678. The van der Waals surface area contributed by atoms with Crippen molar-refractivity contribution in [2.75, 3.05) is 26.2 Å². The summed E-state index contributed by atoms with van der Waals surface area (Å²) in [6.07, 6.45) is 0. The van der Waals surface area contributed by atoms with Gasteiger partial charge in [-0.3, -0.25) is 0 Å². The molecule has 3 heteroatoms. The Morgan fingerprint density at radius 1 is 0.824 bits per heavy atom. The molecule has 98 valence electrons. The van der Waals surface area contributed by atoms with Gasteiger partial charge in [0, 0.05) is 10.0 Å². The Morgan fingerprint density at radius 2 is 1.18 bits per heavy atom. The highest BCUT2D eigenvalue weighted by atomic mass is 35.5. The third-order valence-electron chi connectivity index (χ3n) is 3.47. The lowest BCUT2D eigenvalue weighted by Crippen LogP contribution is -2.47. The van der Waals surface area contributed by atoms with Gasteiger partial charge in [-0.1, -0.05) is 29.3 Å². The van der Waals surface area contributed by atoms with Crippen molar-refractivity contribution >= 4 is 23.2 Å². The molecule has 0 fully saturated rings. The summed E-state index contributed by atoms with van der Waals surface area (Å²) in [5.74, 6) is 0. The highest BCUT2D eigenvalue weighted by molar-refractivity contribution is 6.34. The van der Waals surface area contributed by atoms with Gasteiger partial charge in [0.25, 0.3) is 0 Å². The highest BCUT2D eigenvalue weighted by Gasteiger charge is 2.16. The molecular weight excluding hydrogens is 253 g/mol. The van der Waals surface area contributed by atoms with Crippen molar-refractivity contribution in [2.24, 2.45) is 0 Å². The van der Waals surface area contributed by atoms with E-state index in [4.69, 9.17) is 23.2 Å². The van der Waals surface area contributed by atoms with Crippen LogP contribution < -0.4 is 0 Å². The third-order valence-corrected chi connectivity index (χ3v) is 3.94. The molecule has 1 aromatic rings. The van der Waals surface area contributed by atoms with E-state index in [1.54, 1.807) is 18.2 Å². The number of hydrogen-bond donors (Lipinski definition) is 0. The maximum atomic E-state index is 5.56. The lowest BCUT2D eigenvalue weighted by molar-refractivity contribution is -0.921. The first-order chi connectivity index (χ1) is 8.03. The fraction of sp³-hybridized carbons (Fsp3) is 0.571. The summed E-state index contributed by atoms with van der Waals surface area (Å²) in [5, 5.41) is 1.36. The Balaban J connectivity index is 0.000000302. The van der Waals surface area contributed by atoms with E-state index in [1.165, 1.54) is 30.7 Å². The lowest BCUT2D eigenvalue weighted by Gasteiger charge is -2.34. The first kappa shape index (κ1) is 16.8. The molecular formula is C14H24Cl2N+. The molecule has 0 aliphatic rings. The van der Waals surface area contributed by atoms with E-state index in [9.17, 15) is 0 Å². The smallest absolute Gasteiger partial charge is 0.0757 e. The minimum Gasteiger partial charge on any atom is -0.325 e. The fourth-order valence-electron chi connectivity index (χ4n) is 1.80. The lowest BCUT2D eigenvalue weighted by atomic mass is 10.3. The summed E-state index contributed by atoms with van der Waals surface area (Å²) < 4.78 is 1.28. The van der Waals surface area contributed by atoms with Gasteiger partial charge in [-0.2, -0.15) is 0 Å². The second-order valence-corrected chi connectivity index (χ2v) is 4.92. The molecule has 17 heavy (non-hydrogen) atoms. The number of benzene rings is 1. The molecule has 1 nitrogen and oxygen atoms in total. The fourth-order valence-corrected chi connectivity index (χ4v) is 2.24. The Labute approximate surface area is 116 Å². The van der Waals surface area contributed by atoms with Gasteiger partial charge < -0.3 is 4.48 Å². The standard InChI is InChI=1S/C8H20N.C6H4Cl2/c1-5-9(6-2,7-3)8-4;7-5-2-1-3-6(8)4-5/h5-8H2,1-4H3;1-4H/q+1;. The van der Waals surface area contributed by atoms with Gasteiger partial charge in [0.15, 0.2) is 0 Å². The zero-order chi connectivity index (χ0) is 13.3. The van der Waals surface area contributed by atoms with E-state index >= 15 is 0 Å². The van der Waals surface area contributed by atoms with Crippen LogP contribution >= 0.6 is 23.2 Å². The molecule has 0 bridgehead atoms. The van der Waals surface area contributed by atoms with Crippen LogP contribution in [0, 0.1) is 0 Å². The number of nitrogens with zero attached hydrogens (tertiary/aromatic N) is 1. The molecule has 0 aromatic heterocycles. The maximum absolute atomic E-state index is 5.56. The van der Waals surface area contributed by atoms with Gasteiger partial charge >= 0.3 is 0 Å². The van der Waals surface area contributed by atoms with Crippen molar-refractivity contribution in [1.29, 1.82) is 0 Å². The van der Waals surface area contributed by atoms with Crippen LogP contribution in [0.15, 0.2) is 24.3 Å². The predicted octanol–water partition coefficient (Wildman–Crippen LogP) is 4.88. The Morgan fingerprint density at radius 3 is 1.29 bits per heavy atom. The van der Waals surface area contributed by atoms with Crippen LogP contribution in [-0.4, -0.2) is 30.7 Å². The summed E-state index contributed by atoms with van der Waals surface area (Å²) in [6, 6.07) is 7.08. The predicted molar refractivity (Wildman–Crippen MR) is 78.9 cm³/mol. The van der Waals surface area contributed by atoms with Crippen molar-refractivity contribution in [2.45, 2.75) is 27.7 Å². The van der Waals surface area contributed by atoms with Crippen molar-refractivity contribution in [3.63, 3.8) is 0 Å². The second kappa shape index (κ2) is 8.79. The van der Waals surface area contributed by atoms with Gasteiger partial charge in [-0.15, -0.1) is 0 Å². The largest absolute Gasteiger partial charge is 0.325 e. The van der Waals surface area contributed by atoms with Crippen LogP contribution in [0.4, 0.5) is 0 Å². The number of halogens is 2. The molecule has 0 heterocycles. The Hall–Kier alpha value is -0.240. The molecule has 1 aromatic carbocycles. The summed E-state index contributed by atoms with van der Waals surface area (Å²) >= 11 is 11.1. The average molecular weight is 277 g/mol. The van der Waals surface area contributed by atoms with E-state index in [2.05, 4.69) is 27.7 Å². The topological polar surface area (TPSA) is 0 Å². The summed E-state index contributed by atoms with van der Waals surface area (Å²) in [7, 11) is 0. The molecule has 0 aliphatic carbocycles. The van der Waals surface area contributed by atoms with Crippen LogP contribution in [0.2, 0.25) is 10.0 Å². The zero-order valence-corrected chi connectivity index (χ0v) is 12.9. The molecule has 1 rings (SSSR count). The quantitative estimate of drug-likeness (QED) is 0.688. The number of quaternary nitrogens is 1. The summed E-state index contributed by atoms with van der Waals surface area (Å²) in [6.45, 7) is 14.2. The Kier molecular flexibility index (Phi) is 8.67. The first-order valence-corrected chi connectivity index (χ1v) is 7.05. The normalized spacial score (nSPS) is 10.7. The van der Waals surface area contributed by atoms with Crippen LogP contribution in [-0.2, 0) is 0 Å². The molecule has 0 saturated heterocycles. The summed E-state index contributed by atoms with van der Waals surface area (Å²) in [4.78, 5) is 0. The van der Waals surface area contributed by atoms with E-state index in [0.717, 1.165) is 0 Å². The molecule has 0 amide bonds. The van der Waals surface area contributed by atoms with E-state index in [-0.39, 0.29) is 0 Å². The van der Waals surface area contributed by atoms with Crippen molar-refractivity contribution < 1.29 is 4.48 Å². The Bertz CT molecular complexity index is 274. The molecule has 0 aliphatic heterocycles. The van der Waals surface area contributed by atoms with E-state index in [1.807, 2.05) is 6.07 Å². The molecule has 0 unspecified atom stereocenters. The van der Waals surface area contributed by atoms with E-state index in [0.29, 0.717) is 10.0 Å². The van der Waals surface area contributed by atoms with Gasteiger partial charge in [-0.25, -0.2) is 0 Å². The molecule has 0 radical (unpaired) electrons. The van der Waals surface area contributed by atoms with Crippen LogP contribution in [0.3, 0.4) is 0 Å². The summed E-state index contributed by atoms with van der Waals surface area (Å²) in [5.41, 5.74) is 0. The van der Waals surface area contributed by atoms with Crippen LogP contribution in [0.25, 0.3) is 0 Å². The zero-order valence-electron chi connectivity index (χ0n) is 11.3. The van der Waals surface area contributed by atoms with Crippen LogP contribution in [0.1, 0.15) is 27.7 Å². The van der Waals surface area contributed by atoms with Gasteiger partial charge in [-0.05, 0) is 45.9 Å². The van der Waals surface area contributed by atoms with Crippen molar-refractivity contribution in [3.8, 4) is 0 Å². The van der Waals surface area contributed by atoms with Crippen LogP contribution in [0.5, 0.6) is 0 Å².